The summed E-state index contributed by atoms with van der Waals surface area (Å²) in [5, 5.41) is 12.3. The lowest BCUT2D eigenvalue weighted by atomic mass is 9.98. The molecule has 1 aliphatic rings. The molecule has 5 rings (SSSR count). The van der Waals surface area contributed by atoms with Gasteiger partial charge in [-0.3, -0.25) is 0 Å². The highest BCUT2D eigenvalue weighted by molar-refractivity contribution is 7.98. The molecule has 6 nitrogen and oxygen atoms in total. The van der Waals surface area contributed by atoms with E-state index in [0.29, 0.717) is 5.75 Å². The van der Waals surface area contributed by atoms with Gasteiger partial charge in [0.2, 0.25) is 0 Å². The van der Waals surface area contributed by atoms with Gasteiger partial charge in [0.15, 0.2) is 0 Å². The summed E-state index contributed by atoms with van der Waals surface area (Å²) in [6.07, 6.45) is -0.754. The van der Waals surface area contributed by atoms with Crippen LogP contribution in [0.2, 0.25) is 0 Å². The van der Waals surface area contributed by atoms with Gasteiger partial charge in [0.1, 0.15) is 18.4 Å². The SMILES string of the molecule is COc1ccc(CS[C@H](c2ccccc2)[C@@H](NC(=O)OCC2c3ccccc3-c3ccccc32)C(=O)O)cc1. The van der Waals surface area contributed by atoms with Crippen molar-refractivity contribution in [1.82, 2.24) is 5.32 Å². The number of carboxylic acid groups (broad SMARTS) is 1. The number of carboxylic acids is 1. The molecule has 1 amide bonds. The number of ether oxygens (including phenoxy) is 2. The number of fused-ring (bicyclic) bond motifs is 3. The Morgan fingerprint density at radius 2 is 1.44 bits per heavy atom. The lowest BCUT2D eigenvalue weighted by Crippen LogP contribution is -2.44. The average Bonchev–Trinajstić information content (AvgIpc) is 3.30. The fraction of sp³-hybridized carbons (Fsp3) is 0.188. The first-order chi connectivity index (χ1) is 19.0. The standard InChI is InChI=1S/C32H29NO5S/c1-37-23-17-15-21(16-18-23)20-39-30(22-9-3-2-4-10-22)29(31(34)35)33-32(36)38-19-28-26-13-7-5-11-24(26)25-12-6-8-14-27(25)28/h2-18,28-30H,19-20H2,1H3,(H,33,36)(H,34,35)/t29-,30-/m1/s1. The topological polar surface area (TPSA) is 84.9 Å². The van der Waals surface area contributed by atoms with Gasteiger partial charge in [0.05, 0.1) is 12.4 Å². The predicted octanol–water partition coefficient (Wildman–Crippen LogP) is 6.66. The van der Waals surface area contributed by atoms with E-state index in [1.165, 1.54) is 11.8 Å². The molecule has 1 aliphatic carbocycles. The van der Waals surface area contributed by atoms with E-state index >= 15 is 0 Å². The van der Waals surface area contributed by atoms with E-state index in [4.69, 9.17) is 9.47 Å². The molecular weight excluding hydrogens is 510 g/mol. The Labute approximate surface area is 232 Å². The summed E-state index contributed by atoms with van der Waals surface area (Å²) in [7, 11) is 1.61. The molecule has 2 N–H and O–H groups in total. The minimum absolute atomic E-state index is 0.110. The number of thioether (sulfide) groups is 1. The van der Waals surface area contributed by atoms with Crippen molar-refractivity contribution < 1.29 is 24.2 Å². The first-order valence-corrected chi connectivity index (χ1v) is 13.7. The molecule has 0 saturated carbocycles. The van der Waals surface area contributed by atoms with Crippen molar-refractivity contribution in [3.05, 3.63) is 125 Å². The maximum Gasteiger partial charge on any atom is 0.407 e. The second-order valence-electron chi connectivity index (χ2n) is 9.28. The number of nitrogens with one attached hydrogen (secondary N) is 1. The van der Waals surface area contributed by atoms with Crippen molar-refractivity contribution in [3.8, 4) is 16.9 Å². The molecule has 0 unspecified atom stereocenters. The molecule has 0 heterocycles. The normalized spacial score (nSPS) is 13.6. The van der Waals surface area contributed by atoms with Gasteiger partial charge in [-0.25, -0.2) is 9.59 Å². The van der Waals surface area contributed by atoms with Gasteiger partial charge in [-0.15, -0.1) is 11.8 Å². The maximum atomic E-state index is 13.0. The summed E-state index contributed by atoms with van der Waals surface area (Å²) in [4.78, 5) is 25.4. The summed E-state index contributed by atoms with van der Waals surface area (Å²) in [6, 6.07) is 32.0. The van der Waals surface area contributed by atoms with Crippen molar-refractivity contribution in [1.29, 1.82) is 0 Å². The third-order valence-corrected chi connectivity index (χ3v) is 8.31. The number of amides is 1. The number of carbonyl (C=O) groups excluding carboxylic acids is 1. The molecule has 198 valence electrons. The van der Waals surface area contributed by atoms with Gasteiger partial charge < -0.3 is 19.9 Å². The minimum Gasteiger partial charge on any atom is -0.497 e. The van der Waals surface area contributed by atoms with E-state index in [1.54, 1.807) is 7.11 Å². The average molecular weight is 540 g/mol. The second kappa shape index (κ2) is 12.1. The molecule has 0 spiro atoms. The Bertz CT molecular complexity index is 1400. The highest BCUT2D eigenvalue weighted by Crippen LogP contribution is 2.44. The quantitative estimate of drug-likeness (QED) is 0.234. The first kappa shape index (κ1) is 26.4. The van der Waals surface area contributed by atoms with Crippen molar-refractivity contribution >= 4 is 23.8 Å². The van der Waals surface area contributed by atoms with Crippen LogP contribution in [0.1, 0.15) is 33.4 Å². The summed E-state index contributed by atoms with van der Waals surface area (Å²) >= 11 is 1.45. The number of alkyl carbamates (subject to hydrolysis) is 1. The number of benzene rings is 4. The van der Waals surface area contributed by atoms with Crippen LogP contribution in [-0.2, 0) is 15.3 Å². The van der Waals surface area contributed by atoms with Gasteiger partial charge in [0, 0.05) is 11.7 Å². The van der Waals surface area contributed by atoms with Crippen LogP contribution in [0, 0.1) is 0 Å². The molecule has 0 radical (unpaired) electrons. The minimum atomic E-state index is -1.19. The zero-order valence-electron chi connectivity index (χ0n) is 21.4. The molecule has 39 heavy (non-hydrogen) atoms. The fourth-order valence-corrected chi connectivity index (χ4v) is 6.26. The Morgan fingerprint density at radius 1 is 0.846 bits per heavy atom. The van der Waals surface area contributed by atoms with Gasteiger partial charge >= 0.3 is 12.1 Å². The Hall–Kier alpha value is -4.23. The largest absolute Gasteiger partial charge is 0.497 e. The van der Waals surface area contributed by atoms with Crippen molar-refractivity contribution in [2.24, 2.45) is 0 Å². The molecular formula is C32H29NO5S. The van der Waals surface area contributed by atoms with Crippen LogP contribution in [-0.4, -0.2) is 36.9 Å². The van der Waals surface area contributed by atoms with Crippen LogP contribution in [0.25, 0.3) is 11.1 Å². The van der Waals surface area contributed by atoms with Crippen LogP contribution in [0.4, 0.5) is 4.79 Å². The van der Waals surface area contributed by atoms with Gasteiger partial charge in [0.25, 0.3) is 0 Å². The molecule has 0 bridgehead atoms. The number of rotatable bonds is 10. The fourth-order valence-electron chi connectivity index (χ4n) is 4.97. The molecule has 2 atom stereocenters. The van der Waals surface area contributed by atoms with Crippen molar-refractivity contribution in [2.45, 2.75) is 23.0 Å². The molecule has 4 aromatic carbocycles. The third-order valence-electron chi connectivity index (χ3n) is 6.90. The summed E-state index contributed by atoms with van der Waals surface area (Å²) < 4.78 is 10.9. The highest BCUT2D eigenvalue weighted by Gasteiger charge is 2.33. The van der Waals surface area contributed by atoms with Gasteiger partial charge in [-0.1, -0.05) is 91.0 Å². The van der Waals surface area contributed by atoms with Gasteiger partial charge in [-0.2, -0.15) is 0 Å². The Balaban J connectivity index is 1.30. The first-order valence-electron chi connectivity index (χ1n) is 12.7. The third kappa shape index (κ3) is 5.94. The number of hydrogen-bond acceptors (Lipinski definition) is 5. The maximum absolute atomic E-state index is 13.0. The molecule has 7 heteroatoms. The smallest absolute Gasteiger partial charge is 0.407 e. The van der Waals surface area contributed by atoms with Crippen LogP contribution in [0.5, 0.6) is 5.75 Å². The monoisotopic (exact) mass is 539 g/mol. The lowest BCUT2D eigenvalue weighted by Gasteiger charge is -2.25. The van der Waals surface area contributed by atoms with E-state index in [1.807, 2.05) is 91.0 Å². The molecule has 4 aromatic rings. The van der Waals surface area contributed by atoms with E-state index in [2.05, 4.69) is 17.4 Å². The van der Waals surface area contributed by atoms with Crippen LogP contribution >= 0.6 is 11.8 Å². The molecule has 0 fully saturated rings. The van der Waals surface area contributed by atoms with Crippen LogP contribution < -0.4 is 10.1 Å². The summed E-state index contributed by atoms with van der Waals surface area (Å²) in [5.74, 6) is 0.0729. The Kier molecular flexibility index (Phi) is 8.18. The van der Waals surface area contributed by atoms with Crippen LogP contribution in [0.3, 0.4) is 0 Å². The second-order valence-corrected chi connectivity index (χ2v) is 10.4. The number of methoxy groups -OCH3 is 1. The zero-order valence-corrected chi connectivity index (χ0v) is 22.3. The van der Waals surface area contributed by atoms with E-state index in [9.17, 15) is 14.7 Å². The van der Waals surface area contributed by atoms with Crippen molar-refractivity contribution in [2.75, 3.05) is 13.7 Å². The van der Waals surface area contributed by atoms with Gasteiger partial charge in [-0.05, 0) is 45.5 Å². The summed E-state index contributed by atoms with van der Waals surface area (Å²) in [6.45, 7) is 0.112. The number of hydrogen-bond donors (Lipinski definition) is 2. The highest BCUT2D eigenvalue weighted by atomic mass is 32.2. The lowest BCUT2D eigenvalue weighted by molar-refractivity contribution is -0.139. The Morgan fingerprint density at radius 3 is 2.03 bits per heavy atom. The number of carbonyl (C=O) groups is 2. The number of aliphatic carboxylic acids is 1. The van der Waals surface area contributed by atoms with Crippen LogP contribution in [0.15, 0.2) is 103 Å². The van der Waals surface area contributed by atoms with E-state index < -0.39 is 23.4 Å². The predicted molar refractivity (Wildman–Crippen MR) is 153 cm³/mol. The summed E-state index contributed by atoms with van der Waals surface area (Å²) in [5.41, 5.74) is 6.28. The van der Waals surface area contributed by atoms with E-state index in [0.717, 1.165) is 39.1 Å². The molecule has 0 aromatic heterocycles. The van der Waals surface area contributed by atoms with Crippen molar-refractivity contribution in [3.63, 3.8) is 0 Å². The molecule has 0 aliphatic heterocycles. The van der Waals surface area contributed by atoms with E-state index in [-0.39, 0.29) is 12.5 Å². The molecule has 0 saturated heterocycles. The zero-order chi connectivity index (χ0) is 27.2.